The second-order valence-corrected chi connectivity index (χ2v) is 11.4. The van der Waals surface area contributed by atoms with Crippen molar-refractivity contribution in [1.82, 2.24) is 30.0 Å². The molecule has 40 heavy (non-hydrogen) atoms. The summed E-state index contributed by atoms with van der Waals surface area (Å²) in [6.07, 6.45) is -2.43. The van der Waals surface area contributed by atoms with Gasteiger partial charge >= 0.3 is 12.3 Å². The van der Waals surface area contributed by atoms with Crippen LogP contribution in [0.2, 0.25) is 0 Å². The number of ether oxygens (including phenoxy) is 2. The standard InChI is InChI=1S/C27H30F4N6O3/c1-15(2)37-18(9-21(35-37)27(29,30)31)17-8-16(28)6-7-19(17)39-20-10-32-14-34-22(20)23-26(11-33-12-26)13-36(23)24(38)40-25(3,4)5/h6-10,14-15,23,33H,11-13H2,1-5H3. The lowest BCUT2D eigenvalue weighted by atomic mass is 9.65. The van der Waals surface area contributed by atoms with Crippen molar-refractivity contribution >= 4 is 6.09 Å². The normalized spacial score (nSPS) is 18.4. The summed E-state index contributed by atoms with van der Waals surface area (Å²) < 4.78 is 68.1. The molecule has 0 radical (unpaired) electrons. The van der Waals surface area contributed by atoms with Gasteiger partial charge in [-0.05, 0) is 58.9 Å². The van der Waals surface area contributed by atoms with Crippen LogP contribution < -0.4 is 10.1 Å². The van der Waals surface area contributed by atoms with Crippen LogP contribution in [0.5, 0.6) is 11.5 Å². The quantitative estimate of drug-likeness (QED) is 0.396. The number of alkyl halides is 3. The highest BCUT2D eigenvalue weighted by Crippen LogP contribution is 2.53. The molecular weight excluding hydrogens is 532 g/mol. The summed E-state index contributed by atoms with van der Waals surface area (Å²) in [4.78, 5) is 23.1. The zero-order valence-electron chi connectivity index (χ0n) is 22.7. The summed E-state index contributed by atoms with van der Waals surface area (Å²) in [5.41, 5.74) is -1.56. The molecule has 2 fully saturated rings. The Morgan fingerprint density at radius 1 is 1.15 bits per heavy atom. The molecule has 214 valence electrons. The van der Waals surface area contributed by atoms with E-state index in [1.54, 1.807) is 39.5 Å². The third-order valence-corrected chi connectivity index (χ3v) is 6.88. The highest BCUT2D eigenvalue weighted by molar-refractivity contribution is 5.72. The van der Waals surface area contributed by atoms with Gasteiger partial charge in [0.05, 0.1) is 17.9 Å². The Bertz CT molecular complexity index is 1430. The molecule has 1 unspecified atom stereocenters. The number of aromatic nitrogens is 4. The molecule has 4 heterocycles. The summed E-state index contributed by atoms with van der Waals surface area (Å²) in [5, 5.41) is 6.97. The molecule has 0 saturated carbocycles. The average Bonchev–Trinajstić information content (AvgIpc) is 3.25. The molecule has 1 atom stereocenters. The van der Waals surface area contributed by atoms with Crippen LogP contribution in [0.3, 0.4) is 0 Å². The second kappa shape index (κ2) is 9.72. The Hall–Kier alpha value is -3.74. The number of amides is 1. The molecule has 1 amide bonds. The van der Waals surface area contributed by atoms with E-state index in [-0.39, 0.29) is 28.2 Å². The van der Waals surface area contributed by atoms with Gasteiger partial charge in [-0.1, -0.05) is 0 Å². The minimum absolute atomic E-state index is 0.0360. The zero-order chi connectivity index (χ0) is 29.0. The van der Waals surface area contributed by atoms with Crippen LogP contribution in [0.4, 0.5) is 22.4 Å². The summed E-state index contributed by atoms with van der Waals surface area (Å²) >= 11 is 0. The van der Waals surface area contributed by atoms with Crippen LogP contribution in [0.25, 0.3) is 11.3 Å². The van der Waals surface area contributed by atoms with E-state index in [2.05, 4.69) is 20.4 Å². The Morgan fingerprint density at radius 3 is 2.48 bits per heavy atom. The van der Waals surface area contributed by atoms with Crippen molar-refractivity contribution < 1.29 is 31.8 Å². The van der Waals surface area contributed by atoms with Crippen LogP contribution >= 0.6 is 0 Å². The Labute approximate surface area is 228 Å². The van der Waals surface area contributed by atoms with Crippen molar-refractivity contribution in [2.24, 2.45) is 5.41 Å². The molecule has 3 aromatic rings. The molecule has 0 bridgehead atoms. The minimum Gasteiger partial charge on any atom is -0.453 e. The first-order valence-electron chi connectivity index (χ1n) is 12.8. The van der Waals surface area contributed by atoms with Crippen molar-refractivity contribution in [2.75, 3.05) is 19.6 Å². The maximum Gasteiger partial charge on any atom is 0.435 e. The van der Waals surface area contributed by atoms with E-state index in [1.165, 1.54) is 23.3 Å². The highest BCUT2D eigenvalue weighted by Gasteiger charge is 2.60. The van der Waals surface area contributed by atoms with Gasteiger partial charge in [0.1, 0.15) is 29.2 Å². The number of hydrogen-bond acceptors (Lipinski definition) is 7. The number of nitrogens with zero attached hydrogens (tertiary/aromatic N) is 5. The molecular formula is C27H30F4N6O3. The molecule has 2 aliphatic rings. The number of nitrogens with one attached hydrogen (secondary N) is 1. The number of benzene rings is 1. The van der Waals surface area contributed by atoms with Crippen LogP contribution in [-0.2, 0) is 10.9 Å². The first-order valence-corrected chi connectivity index (χ1v) is 12.8. The minimum atomic E-state index is -4.69. The van der Waals surface area contributed by atoms with Crippen molar-refractivity contribution in [3.8, 4) is 22.8 Å². The van der Waals surface area contributed by atoms with E-state index >= 15 is 0 Å². The maximum absolute atomic E-state index is 14.4. The van der Waals surface area contributed by atoms with Gasteiger partial charge in [0.25, 0.3) is 0 Å². The molecule has 2 aliphatic heterocycles. The van der Waals surface area contributed by atoms with Gasteiger partial charge in [-0.25, -0.2) is 19.2 Å². The monoisotopic (exact) mass is 562 g/mol. The molecule has 9 nitrogen and oxygen atoms in total. The van der Waals surface area contributed by atoms with Crippen LogP contribution in [0, 0.1) is 11.2 Å². The Kier molecular flexibility index (Phi) is 6.76. The second-order valence-electron chi connectivity index (χ2n) is 11.4. The van der Waals surface area contributed by atoms with Gasteiger partial charge in [0.15, 0.2) is 11.4 Å². The van der Waals surface area contributed by atoms with Crippen molar-refractivity contribution in [3.63, 3.8) is 0 Å². The fraction of sp³-hybridized carbons (Fsp3) is 0.481. The van der Waals surface area contributed by atoms with Gasteiger partial charge in [-0.15, -0.1) is 0 Å². The van der Waals surface area contributed by atoms with Crippen molar-refractivity contribution in [1.29, 1.82) is 0 Å². The first-order chi connectivity index (χ1) is 18.7. The lowest BCUT2D eigenvalue weighted by Gasteiger charge is -2.61. The van der Waals surface area contributed by atoms with Gasteiger partial charge in [0, 0.05) is 36.7 Å². The van der Waals surface area contributed by atoms with E-state index in [0.29, 0.717) is 25.3 Å². The van der Waals surface area contributed by atoms with E-state index in [1.807, 2.05) is 0 Å². The van der Waals surface area contributed by atoms with Crippen LogP contribution in [0.1, 0.15) is 58.1 Å². The predicted molar refractivity (Wildman–Crippen MR) is 136 cm³/mol. The topological polar surface area (TPSA) is 94.4 Å². The van der Waals surface area contributed by atoms with Crippen LogP contribution in [0.15, 0.2) is 36.8 Å². The lowest BCUT2D eigenvalue weighted by molar-refractivity contribution is -0.141. The third kappa shape index (κ3) is 5.09. The van der Waals surface area contributed by atoms with Gasteiger partial charge in [0.2, 0.25) is 0 Å². The largest absolute Gasteiger partial charge is 0.453 e. The summed E-state index contributed by atoms with van der Waals surface area (Å²) in [5.74, 6) is -0.394. The number of carbonyl (C=O) groups is 1. The number of halogens is 4. The Morgan fingerprint density at radius 2 is 1.88 bits per heavy atom. The molecule has 5 rings (SSSR count). The fourth-order valence-corrected chi connectivity index (χ4v) is 5.06. The fourth-order valence-electron chi connectivity index (χ4n) is 5.06. The SMILES string of the molecule is CC(C)n1nc(C(F)(F)F)cc1-c1cc(F)ccc1Oc1cncnc1C1N(C(=O)OC(C)(C)C)CC12CNC2. The smallest absolute Gasteiger partial charge is 0.435 e. The maximum atomic E-state index is 14.4. The summed E-state index contributed by atoms with van der Waals surface area (Å²) in [6.45, 7) is 10.4. The van der Waals surface area contributed by atoms with Crippen molar-refractivity contribution in [2.45, 2.75) is 58.5 Å². The zero-order valence-corrected chi connectivity index (χ0v) is 22.7. The molecule has 13 heteroatoms. The average molecular weight is 563 g/mol. The summed E-state index contributed by atoms with van der Waals surface area (Å²) in [7, 11) is 0. The number of hydrogen-bond donors (Lipinski definition) is 1. The molecule has 1 spiro atoms. The van der Waals surface area contributed by atoms with E-state index in [0.717, 1.165) is 18.2 Å². The van der Waals surface area contributed by atoms with Crippen molar-refractivity contribution in [3.05, 3.63) is 54.0 Å². The molecule has 1 aromatic carbocycles. The Balaban J connectivity index is 1.55. The molecule has 1 N–H and O–H groups in total. The summed E-state index contributed by atoms with van der Waals surface area (Å²) in [6, 6.07) is 3.50. The predicted octanol–water partition coefficient (Wildman–Crippen LogP) is 5.75. The molecule has 0 aliphatic carbocycles. The van der Waals surface area contributed by atoms with E-state index < -0.39 is 41.5 Å². The van der Waals surface area contributed by atoms with E-state index in [4.69, 9.17) is 9.47 Å². The highest BCUT2D eigenvalue weighted by atomic mass is 19.4. The third-order valence-electron chi connectivity index (χ3n) is 6.88. The number of likely N-dealkylation sites (tertiary alicyclic amines) is 1. The van der Waals surface area contributed by atoms with E-state index in [9.17, 15) is 22.4 Å². The number of carbonyl (C=O) groups excluding carboxylic acids is 1. The van der Waals surface area contributed by atoms with Gasteiger partial charge < -0.3 is 14.8 Å². The number of rotatable bonds is 5. The molecule has 2 saturated heterocycles. The van der Waals surface area contributed by atoms with Gasteiger partial charge in [-0.3, -0.25) is 9.58 Å². The van der Waals surface area contributed by atoms with Gasteiger partial charge in [-0.2, -0.15) is 18.3 Å². The lowest BCUT2D eigenvalue weighted by Crippen LogP contribution is -2.73. The molecule has 2 aromatic heterocycles. The van der Waals surface area contributed by atoms with Crippen LogP contribution in [-0.4, -0.2) is 56.0 Å². The first kappa shape index (κ1) is 27.8.